The fraction of sp³-hybridized carbons (Fsp3) is 0.650. The van der Waals surface area contributed by atoms with Crippen molar-refractivity contribution in [2.24, 2.45) is 4.99 Å². The predicted octanol–water partition coefficient (Wildman–Crippen LogP) is 4.25. The molecule has 1 aromatic rings. The molecule has 0 amide bonds. The van der Waals surface area contributed by atoms with E-state index in [-0.39, 0.29) is 18.0 Å². The Hall–Kier alpha value is -1.55. The molecule has 1 aliphatic rings. The molecular weight excluding hydrogens is 302 g/mol. The standard InChI is InChI=1S/C20H31NO3/c1-4-5-6-9-15-12-17(23)19-16(21-10-7-8-11-22)14-20(2,3)24-18(19)13-15/h12-13,22-23H,4-11,14H2,1-3H3. The van der Waals surface area contributed by atoms with Crippen LogP contribution in [0.1, 0.15) is 70.4 Å². The minimum atomic E-state index is -0.322. The second kappa shape index (κ2) is 8.52. The van der Waals surface area contributed by atoms with Gasteiger partial charge in [0.05, 0.1) is 11.3 Å². The van der Waals surface area contributed by atoms with Gasteiger partial charge in [0.25, 0.3) is 0 Å². The molecule has 1 aliphatic heterocycles. The van der Waals surface area contributed by atoms with Gasteiger partial charge in [-0.15, -0.1) is 0 Å². The largest absolute Gasteiger partial charge is 0.507 e. The first-order valence-electron chi connectivity index (χ1n) is 9.16. The lowest BCUT2D eigenvalue weighted by molar-refractivity contribution is 0.110. The van der Waals surface area contributed by atoms with Crippen molar-refractivity contribution in [1.82, 2.24) is 0 Å². The number of aliphatic hydroxyl groups is 1. The number of aliphatic imine (C=N–C) groups is 1. The Kier molecular flexibility index (Phi) is 6.67. The Balaban J connectivity index is 2.26. The molecule has 0 bridgehead atoms. The molecule has 0 radical (unpaired) electrons. The molecule has 24 heavy (non-hydrogen) atoms. The zero-order valence-corrected chi connectivity index (χ0v) is 15.3. The van der Waals surface area contributed by atoms with Crippen LogP contribution in [0.3, 0.4) is 0 Å². The number of aryl methyl sites for hydroxylation is 1. The van der Waals surface area contributed by atoms with E-state index in [4.69, 9.17) is 9.84 Å². The summed E-state index contributed by atoms with van der Waals surface area (Å²) in [4.78, 5) is 4.69. The molecule has 2 rings (SSSR count). The van der Waals surface area contributed by atoms with Crippen LogP contribution >= 0.6 is 0 Å². The molecule has 0 saturated heterocycles. The Bertz CT molecular complexity index is 578. The Labute approximate surface area is 145 Å². The minimum Gasteiger partial charge on any atom is -0.507 e. The van der Waals surface area contributed by atoms with Crippen LogP contribution in [0.2, 0.25) is 0 Å². The van der Waals surface area contributed by atoms with Gasteiger partial charge in [0.2, 0.25) is 0 Å². The molecule has 0 saturated carbocycles. The zero-order valence-electron chi connectivity index (χ0n) is 15.3. The average molecular weight is 333 g/mol. The normalized spacial score (nSPS) is 17.6. The maximum Gasteiger partial charge on any atom is 0.133 e. The van der Waals surface area contributed by atoms with E-state index >= 15 is 0 Å². The van der Waals surface area contributed by atoms with Gasteiger partial charge < -0.3 is 14.9 Å². The lowest BCUT2D eigenvalue weighted by Crippen LogP contribution is -2.36. The summed E-state index contributed by atoms with van der Waals surface area (Å²) in [6, 6.07) is 3.92. The van der Waals surface area contributed by atoms with E-state index < -0.39 is 0 Å². The molecule has 0 aromatic heterocycles. The highest BCUT2D eigenvalue weighted by molar-refractivity contribution is 6.06. The van der Waals surface area contributed by atoms with Gasteiger partial charge in [-0.25, -0.2) is 0 Å². The van der Waals surface area contributed by atoms with Gasteiger partial charge in [0.1, 0.15) is 17.1 Å². The number of nitrogens with zero attached hydrogens (tertiary/aromatic N) is 1. The highest BCUT2D eigenvalue weighted by Gasteiger charge is 2.33. The van der Waals surface area contributed by atoms with E-state index in [1.54, 1.807) is 0 Å². The van der Waals surface area contributed by atoms with E-state index in [9.17, 15) is 5.11 Å². The minimum absolute atomic E-state index is 0.197. The van der Waals surface area contributed by atoms with Crippen molar-refractivity contribution in [1.29, 1.82) is 0 Å². The molecule has 0 aliphatic carbocycles. The van der Waals surface area contributed by atoms with Crippen LogP contribution in [-0.4, -0.2) is 34.7 Å². The van der Waals surface area contributed by atoms with Crippen LogP contribution in [0.15, 0.2) is 17.1 Å². The van der Waals surface area contributed by atoms with E-state index in [0.717, 1.165) is 48.3 Å². The summed E-state index contributed by atoms with van der Waals surface area (Å²) >= 11 is 0. The van der Waals surface area contributed by atoms with E-state index in [0.29, 0.717) is 13.0 Å². The fourth-order valence-corrected chi connectivity index (χ4v) is 3.15. The topological polar surface area (TPSA) is 62.0 Å². The molecule has 1 heterocycles. The third kappa shape index (κ3) is 4.97. The number of phenols is 1. The summed E-state index contributed by atoms with van der Waals surface area (Å²) in [7, 11) is 0. The quantitative estimate of drug-likeness (QED) is 0.699. The van der Waals surface area contributed by atoms with Crippen molar-refractivity contribution >= 4 is 5.71 Å². The number of ether oxygens (including phenoxy) is 1. The summed E-state index contributed by atoms with van der Waals surface area (Å²) in [6.45, 7) is 7.17. The number of phenolic OH excluding ortho intramolecular Hbond substituents is 1. The molecule has 1 aromatic carbocycles. The number of benzene rings is 1. The molecule has 4 nitrogen and oxygen atoms in total. The first-order valence-corrected chi connectivity index (χ1v) is 9.16. The number of unbranched alkanes of at least 4 members (excludes halogenated alkanes) is 3. The number of fused-ring (bicyclic) bond motifs is 1. The van der Waals surface area contributed by atoms with Crippen LogP contribution in [0.4, 0.5) is 0 Å². The molecule has 0 unspecified atom stereocenters. The van der Waals surface area contributed by atoms with E-state index in [2.05, 4.69) is 31.8 Å². The molecule has 0 fully saturated rings. The fourth-order valence-electron chi connectivity index (χ4n) is 3.15. The number of hydrogen-bond donors (Lipinski definition) is 2. The predicted molar refractivity (Wildman–Crippen MR) is 98.4 cm³/mol. The molecular formula is C20H31NO3. The van der Waals surface area contributed by atoms with Gasteiger partial charge in [-0.2, -0.15) is 0 Å². The second-order valence-corrected chi connectivity index (χ2v) is 7.24. The van der Waals surface area contributed by atoms with Gasteiger partial charge in [-0.3, -0.25) is 4.99 Å². The van der Waals surface area contributed by atoms with Crippen LogP contribution in [0, 0.1) is 0 Å². The number of rotatable bonds is 8. The van der Waals surface area contributed by atoms with Crippen molar-refractivity contribution in [2.45, 2.75) is 71.3 Å². The summed E-state index contributed by atoms with van der Waals surface area (Å²) in [5.41, 5.74) is 2.46. The lowest BCUT2D eigenvalue weighted by Gasteiger charge is -2.34. The van der Waals surface area contributed by atoms with Crippen LogP contribution < -0.4 is 4.74 Å². The Morgan fingerprint density at radius 1 is 1.17 bits per heavy atom. The molecule has 0 atom stereocenters. The zero-order chi connectivity index (χ0) is 17.6. The van der Waals surface area contributed by atoms with Crippen molar-refractivity contribution in [3.63, 3.8) is 0 Å². The van der Waals surface area contributed by atoms with Crippen molar-refractivity contribution in [2.75, 3.05) is 13.2 Å². The van der Waals surface area contributed by atoms with E-state index in [1.165, 1.54) is 12.8 Å². The Morgan fingerprint density at radius 3 is 2.67 bits per heavy atom. The van der Waals surface area contributed by atoms with Gasteiger partial charge >= 0.3 is 0 Å². The second-order valence-electron chi connectivity index (χ2n) is 7.24. The molecule has 0 spiro atoms. The summed E-state index contributed by atoms with van der Waals surface area (Å²) < 4.78 is 6.12. The smallest absolute Gasteiger partial charge is 0.133 e. The lowest BCUT2D eigenvalue weighted by atomic mass is 9.90. The maximum absolute atomic E-state index is 10.5. The third-order valence-electron chi connectivity index (χ3n) is 4.35. The maximum atomic E-state index is 10.5. The summed E-state index contributed by atoms with van der Waals surface area (Å²) in [5.74, 6) is 1.02. The number of aromatic hydroxyl groups is 1. The van der Waals surface area contributed by atoms with Crippen molar-refractivity contribution < 1.29 is 14.9 Å². The SMILES string of the molecule is CCCCCc1cc(O)c2c(c1)OC(C)(C)CC2=NCCCCO. The van der Waals surface area contributed by atoms with Crippen molar-refractivity contribution in [3.8, 4) is 11.5 Å². The summed E-state index contributed by atoms with van der Waals surface area (Å²) in [6.07, 6.45) is 6.76. The molecule has 134 valence electrons. The third-order valence-corrected chi connectivity index (χ3v) is 4.35. The first-order chi connectivity index (χ1) is 11.5. The van der Waals surface area contributed by atoms with Crippen LogP contribution in [0.25, 0.3) is 0 Å². The highest BCUT2D eigenvalue weighted by Crippen LogP contribution is 2.39. The Morgan fingerprint density at radius 2 is 1.96 bits per heavy atom. The van der Waals surface area contributed by atoms with Gasteiger partial charge in [-0.1, -0.05) is 19.8 Å². The van der Waals surface area contributed by atoms with Gasteiger partial charge in [0.15, 0.2) is 0 Å². The monoisotopic (exact) mass is 333 g/mol. The van der Waals surface area contributed by atoms with Crippen LogP contribution in [-0.2, 0) is 6.42 Å². The van der Waals surface area contributed by atoms with E-state index in [1.807, 2.05) is 6.07 Å². The van der Waals surface area contributed by atoms with Crippen LogP contribution in [0.5, 0.6) is 11.5 Å². The number of hydrogen-bond acceptors (Lipinski definition) is 4. The van der Waals surface area contributed by atoms with Gasteiger partial charge in [0, 0.05) is 19.6 Å². The van der Waals surface area contributed by atoms with Gasteiger partial charge in [-0.05, 0) is 57.2 Å². The molecule has 4 heteroatoms. The highest BCUT2D eigenvalue weighted by atomic mass is 16.5. The van der Waals surface area contributed by atoms with Crippen molar-refractivity contribution in [3.05, 3.63) is 23.3 Å². The number of aliphatic hydroxyl groups excluding tert-OH is 1. The summed E-state index contributed by atoms with van der Waals surface area (Å²) in [5, 5.41) is 19.4. The molecule has 2 N–H and O–H groups in total. The first kappa shape index (κ1) is 18.8. The average Bonchev–Trinajstić information content (AvgIpc) is 2.50.